The smallest absolute Gasteiger partial charge is 0.251 e. The van der Waals surface area contributed by atoms with Crippen molar-refractivity contribution in [2.75, 3.05) is 0 Å². The number of nitrogens with one attached hydrogen (secondary N) is 1. The third-order valence-corrected chi connectivity index (χ3v) is 4.45. The highest BCUT2D eigenvalue weighted by Gasteiger charge is 2.08. The van der Waals surface area contributed by atoms with E-state index in [2.05, 4.69) is 42.9 Å². The lowest BCUT2D eigenvalue weighted by atomic mass is 10.0. The van der Waals surface area contributed by atoms with E-state index in [0.717, 1.165) is 17.3 Å². The van der Waals surface area contributed by atoms with Crippen LogP contribution in [0.4, 0.5) is 0 Å². The number of nitrogens with zero attached hydrogens (tertiary/aromatic N) is 1. The van der Waals surface area contributed by atoms with Crippen molar-refractivity contribution in [3.8, 4) is 0 Å². The molecule has 1 atom stereocenters. The second-order valence-electron chi connectivity index (χ2n) is 4.98. The molecule has 0 radical (unpaired) electrons. The molecule has 20 heavy (non-hydrogen) atoms. The van der Waals surface area contributed by atoms with Crippen LogP contribution >= 0.6 is 11.8 Å². The summed E-state index contributed by atoms with van der Waals surface area (Å²) in [6.45, 7) is 6.35. The van der Waals surface area contributed by atoms with Gasteiger partial charge in [-0.15, -0.1) is 0 Å². The van der Waals surface area contributed by atoms with Gasteiger partial charge in [-0.3, -0.25) is 4.79 Å². The van der Waals surface area contributed by atoms with Gasteiger partial charge in [0, 0.05) is 17.7 Å². The van der Waals surface area contributed by atoms with E-state index in [9.17, 15) is 4.79 Å². The van der Waals surface area contributed by atoms with Crippen LogP contribution < -0.4 is 5.56 Å². The van der Waals surface area contributed by atoms with E-state index in [4.69, 9.17) is 0 Å². The quantitative estimate of drug-likeness (QED) is 0.676. The third kappa shape index (κ3) is 3.97. The molecule has 1 unspecified atom stereocenters. The molecule has 0 aliphatic carbocycles. The van der Waals surface area contributed by atoms with E-state index >= 15 is 0 Å². The molecule has 2 rings (SSSR count). The molecular formula is C16H20N2OS. The minimum absolute atomic E-state index is 0.0746. The normalized spacial score (nSPS) is 12.3. The molecule has 0 bridgehead atoms. The molecule has 106 valence electrons. The van der Waals surface area contributed by atoms with E-state index in [1.807, 2.05) is 12.1 Å². The Labute approximate surface area is 123 Å². The molecule has 1 aromatic heterocycles. The molecule has 1 N–H and O–H groups in total. The first-order chi connectivity index (χ1) is 9.58. The summed E-state index contributed by atoms with van der Waals surface area (Å²) in [5, 5.41) is 1.17. The topological polar surface area (TPSA) is 45.8 Å². The van der Waals surface area contributed by atoms with Gasteiger partial charge >= 0.3 is 0 Å². The zero-order valence-corrected chi connectivity index (χ0v) is 13.0. The number of aromatic nitrogens is 2. The maximum atomic E-state index is 11.7. The summed E-state index contributed by atoms with van der Waals surface area (Å²) < 4.78 is 0. The van der Waals surface area contributed by atoms with Gasteiger partial charge in [0.1, 0.15) is 0 Å². The Bertz CT molecular complexity index is 636. The molecule has 0 aliphatic rings. The van der Waals surface area contributed by atoms with Crippen molar-refractivity contribution in [2.24, 2.45) is 0 Å². The molecular weight excluding hydrogens is 268 g/mol. The Morgan fingerprint density at radius 3 is 2.80 bits per heavy atom. The van der Waals surface area contributed by atoms with Crippen LogP contribution in [0.2, 0.25) is 0 Å². The average Bonchev–Trinajstić information content (AvgIpc) is 2.40. The van der Waals surface area contributed by atoms with Crippen molar-refractivity contribution in [3.63, 3.8) is 0 Å². The number of aromatic amines is 1. The number of hydrogen-bond donors (Lipinski definition) is 1. The van der Waals surface area contributed by atoms with E-state index in [1.54, 1.807) is 17.8 Å². The van der Waals surface area contributed by atoms with Crippen molar-refractivity contribution >= 4 is 11.8 Å². The first-order valence-corrected chi connectivity index (χ1v) is 7.78. The number of benzene rings is 1. The van der Waals surface area contributed by atoms with Crippen LogP contribution in [0.3, 0.4) is 0 Å². The zero-order valence-electron chi connectivity index (χ0n) is 12.1. The lowest BCUT2D eigenvalue weighted by Crippen LogP contribution is -2.11. The first-order valence-electron chi connectivity index (χ1n) is 6.90. The molecule has 0 spiro atoms. The largest absolute Gasteiger partial charge is 0.301 e. The van der Waals surface area contributed by atoms with Crippen LogP contribution in [0.1, 0.15) is 37.1 Å². The summed E-state index contributed by atoms with van der Waals surface area (Å²) in [6, 6.07) is 9.79. The SMILES string of the molecule is CCC(C)Sc1nc(Cc2ccccc2C)cc(=O)[nH]1. The van der Waals surface area contributed by atoms with Crippen molar-refractivity contribution in [1.29, 1.82) is 0 Å². The molecule has 1 aromatic carbocycles. The molecule has 4 heteroatoms. The Kier molecular flexibility index (Phi) is 5.01. The highest BCUT2D eigenvalue weighted by atomic mass is 32.2. The predicted octanol–water partition coefficient (Wildman–Crippen LogP) is 3.56. The predicted molar refractivity (Wildman–Crippen MR) is 84.5 cm³/mol. The van der Waals surface area contributed by atoms with Crippen LogP contribution in [0.15, 0.2) is 40.3 Å². The van der Waals surface area contributed by atoms with Crippen LogP contribution in [0.5, 0.6) is 0 Å². The maximum absolute atomic E-state index is 11.7. The minimum Gasteiger partial charge on any atom is -0.301 e. The van der Waals surface area contributed by atoms with Gasteiger partial charge in [0.05, 0.1) is 5.69 Å². The molecule has 0 aliphatic heterocycles. The molecule has 2 aromatic rings. The minimum atomic E-state index is -0.0746. The summed E-state index contributed by atoms with van der Waals surface area (Å²) in [5.41, 5.74) is 3.19. The van der Waals surface area contributed by atoms with Gasteiger partial charge in [-0.2, -0.15) is 0 Å². The van der Waals surface area contributed by atoms with Gasteiger partial charge in [0.15, 0.2) is 5.16 Å². The monoisotopic (exact) mass is 288 g/mol. The number of rotatable bonds is 5. The van der Waals surface area contributed by atoms with Crippen molar-refractivity contribution in [1.82, 2.24) is 9.97 Å². The van der Waals surface area contributed by atoms with E-state index in [-0.39, 0.29) is 5.56 Å². The van der Waals surface area contributed by atoms with Gasteiger partial charge in [-0.25, -0.2) is 4.98 Å². The Morgan fingerprint density at radius 2 is 2.10 bits per heavy atom. The fourth-order valence-electron chi connectivity index (χ4n) is 1.91. The van der Waals surface area contributed by atoms with Crippen LogP contribution in [-0.2, 0) is 6.42 Å². The zero-order chi connectivity index (χ0) is 14.5. The second kappa shape index (κ2) is 6.75. The molecule has 0 amide bonds. The summed E-state index contributed by atoms with van der Waals surface area (Å²) in [6.07, 6.45) is 1.75. The molecule has 3 nitrogen and oxygen atoms in total. The summed E-state index contributed by atoms with van der Waals surface area (Å²) in [5.74, 6) is 0. The lowest BCUT2D eigenvalue weighted by Gasteiger charge is -2.09. The third-order valence-electron chi connectivity index (χ3n) is 3.29. The Morgan fingerprint density at radius 1 is 1.35 bits per heavy atom. The van der Waals surface area contributed by atoms with Gasteiger partial charge in [0.25, 0.3) is 5.56 Å². The summed E-state index contributed by atoms with van der Waals surface area (Å²) >= 11 is 1.62. The van der Waals surface area contributed by atoms with Crippen molar-refractivity contribution in [2.45, 2.75) is 44.0 Å². The van der Waals surface area contributed by atoms with Gasteiger partial charge < -0.3 is 4.98 Å². The number of thioether (sulfide) groups is 1. The highest BCUT2D eigenvalue weighted by Crippen LogP contribution is 2.21. The number of H-pyrrole nitrogens is 1. The van der Waals surface area contributed by atoms with Crippen LogP contribution in [-0.4, -0.2) is 15.2 Å². The lowest BCUT2D eigenvalue weighted by molar-refractivity contribution is 0.852. The molecule has 0 saturated carbocycles. The molecule has 0 fully saturated rings. The Balaban J connectivity index is 2.24. The highest BCUT2D eigenvalue weighted by molar-refractivity contribution is 7.99. The molecule has 1 heterocycles. The first kappa shape index (κ1) is 14.9. The average molecular weight is 288 g/mol. The van der Waals surface area contributed by atoms with Crippen LogP contribution in [0.25, 0.3) is 0 Å². The summed E-state index contributed by atoms with van der Waals surface area (Å²) in [4.78, 5) is 19.1. The maximum Gasteiger partial charge on any atom is 0.251 e. The van der Waals surface area contributed by atoms with Gasteiger partial charge in [0.2, 0.25) is 0 Å². The Hall–Kier alpha value is -1.55. The summed E-state index contributed by atoms with van der Waals surface area (Å²) in [7, 11) is 0. The van der Waals surface area contributed by atoms with Gasteiger partial charge in [-0.05, 0) is 24.5 Å². The van der Waals surface area contributed by atoms with Gasteiger partial charge in [-0.1, -0.05) is 49.9 Å². The standard InChI is InChI=1S/C16H20N2OS/c1-4-12(3)20-16-17-14(10-15(19)18-16)9-13-8-6-5-7-11(13)2/h5-8,10,12H,4,9H2,1-3H3,(H,17,18,19). The molecule has 0 saturated heterocycles. The van der Waals surface area contributed by atoms with Crippen molar-refractivity contribution in [3.05, 3.63) is 57.5 Å². The van der Waals surface area contributed by atoms with Crippen LogP contribution in [0, 0.1) is 6.92 Å². The van der Waals surface area contributed by atoms with Crippen molar-refractivity contribution < 1.29 is 0 Å². The second-order valence-corrected chi connectivity index (χ2v) is 6.41. The number of hydrogen-bond acceptors (Lipinski definition) is 3. The van der Waals surface area contributed by atoms with E-state index in [0.29, 0.717) is 11.7 Å². The fraction of sp³-hybridized carbons (Fsp3) is 0.375. The number of aryl methyl sites for hydroxylation is 1. The van der Waals surface area contributed by atoms with E-state index in [1.165, 1.54) is 11.1 Å². The fourth-order valence-corrected chi connectivity index (χ4v) is 2.78. The van der Waals surface area contributed by atoms with E-state index < -0.39 is 0 Å².